The third-order valence-corrected chi connectivity index (χ3v) is 5.75. The highest BCUT2D eigenvalue weighted by Gasteiger charge is 2.24. The summed E-state index contributed by atoms with van der Waals surface area (Å²) in [6, 6.07) is 16.7. The average Bonchev–Trinajstić information content (AvgIpc) is 2.81. The fraction of sp³-hybridized carbons (Fsp3) is 0.500. The van der Waals surface area contributed by atoms with Crippen molar-refractivity contribution in [3.8, 4) is 5.75 Å². The number of benzene rings is 2. The number of halogens is 1. The van der Waals surface area contributed by atoms with Crippen LogP contribution in [0.25, 0.3) is 0 Å². The highest BCUT2D eigenvalue weighted by Crippen LogP contribution is 2.18. The summed E-state index contributed by atoms with van der Waals surface area (Å²) in [6.45, 7) is 4.82. The van der Waals surface area contributed by atoms with Gasteiger partial charge in [-0.15, -0.1) is 0 Å². The number of hydrogen-bond acceptors (Lipinski definition) is 4. The van der Waals surface area contributed by atoms with Gasteiger partial charge in [0.05, 0.1) is 13.2 Å². The van der Waals surface area contributed by atoms with Crippen molar-refractivity contribution in [1.82, 2.24) is 0 Å². The zero-order chi connectivity index (χ0) is 23.9. The fourth-order valence-corrected chi connectivity index (χ4v) is 3.54. The number of carbonyl (C=O) groups is 2. The summed E-state index contributed by atoms with van der Waals surface area (Å²) >= 11 is 3.31. The fourth-order valence-electron chi connectivity index (χ4n) is 3.43. The summed E-state index contributed by atoms with van der Waals surface area (Å²) in [5.41, 5.74) is 1.38. The molecule has 180 valence electrons. The molecule has 0 saturated heterocycles. The Hall–Kier alpha value is -2.14. The van der Waals surface area contributed by atoms with E-state index in [2.05, 4.69) is 15.9 Å². The minimum Gasteiger partial charge on any atom is -0.494 e. The van der Waals surface area contributed by atoms with Crippen LogP contribution >= 0.6 is 15.9 Å². The van der Waals surface area contributed by atoms with Crippen molar-refractivity contribution < 1.29 is 19.1 Å². The molecule has 2 aromatic rings. The maximum atomic E-state index is 12.4. The molecule has 0 spiro atoms. The highest BCUT2D eigenvalue weighted by atomic mass is 79.9. The Morgan fingerprint density at radius 3 is 1.73 bits per heavy atom. The standard InChI is InChI=1S/C28H37BrO4/c1-28(2,29)27(31)33-22-14-9-7-5-3-4-6-8-13-21-32-25-19-17-24(18-20-25)26(30)23-15-11-10-12-16-23/h10-12,15-20H,3-9,13-14,21-22H2,1-2H3. The van der Waals surface area contributed by atoms with Crippen LogP contribution in [0.1, 0.15) is 87.6 Å². The Labute approximate surface area is 207 Å². The van der Waals surface area contributed by atoms with E-state index < -0.39 is 4.32 Å². The first-order valence-corrected chi connectivity index (χ1v) is 12.9. The molecule has 0 unspecified atom stereocenters. The van der Waals surface area contributed by atoms with Gasteiger partial charge in [0.25, 0.3) is 0 Å². The number of unbranched alkanes of at least 4 members (excludes halogenated alkanes) is 8. The van der Waals surface area contributed by atoms with E-state index in [-0.39, 0.29) is 11.8 Å². The molecule has 0 aliphatic carbocycles. The van der Waals surface area contributed by atoms with Crippen molar-refractivity contribution >= 4 is 27.7 Å². The molecular formula is C28H37BrO4. The zero-order valence-electron chi connectivity index (χ0n) is 20.0. The summed E-state index contributed by atoms with van der Waals surface area (Å²) in [4.78, 5) is 24.1. The van der Waals surface area contributed by atoms with Gasteiger partial charge in [-0.05, 0) is 51.0 Å². The number of ether oxygens (including phenoxy) is 2. The lowest BCUT2D eigenvalue weighted by molar-refractivity contribution is -0.145. The molecule has 0 heterocycles. The minimum absolute atomic E-state index is 0.0317. The molecule has 0 aliphatic rings. The zero-order valence-corrected chi connectivity index (χ0v) is 21.6. The van der Waals surface area contributed by atoms with E-state index in [1.54, 1.807) is 13.8 Å². The lowest BCUT2D eigenvalue weighted by Crippen LogP contribution is -2.26. The summed E-state index contributed by atoms with van der Waals surface area (Å²) < 4.78 is 10.5. The van der Waals surface area contributed by atoms with E-state index in [0.29, 0.717) is 24.3 Å². The lowest BCUT2D eigenvalue weighted by atomic mass is 10.0. The molecule has 0 aliphatic heterocycles. The van der Waals surface area contributed by atoms with E-state index in [1.807, 2.05) is 54.6 Å². The SMILES string of the molecule is CC(C)(Br)C(=O)OCCCCCCCCCCCOc1ccc(C(=O)c2ccccc2)cc1. The van der Waals surface area contributed by atoms with E-state index >= 15 is 0 Å². The van der Waals surface area contributed by atoms with Gasteiger partial charge in [-0.25, -0.2) is 0 Å². The van der Waals surface area contributed by atoms with Gasteiger partial charge in [0, 0.05) is 11.1 Å². The molecule has 0 atom stereocenters. The summed E-state index contributed by atoms with van der Waals surface area (Å²) in [5.74, 6) is 0.649. The van der Waals surface area contributed by atoms with Crippen LogP contribution in [-0.4, -0.2) is 29.3 Å². The third-order valence-electron chi connectivity index (χ3n) is 5.43. The van der Waals surface area contributed by atoms with Crippen LogP contribution in [-0.2, 0) is 9.53 Å². The van der Waals surface area contributed by atoms with Crippen LogP contribution in [0.5, 0.6) is 5.75 Å². The van der Waals surface area contributed by atoms with E-state index in [9.17, 15) is 9.59 Å². The van der Waals surface area contributed by atoms with Crippen LogP contribution in [0.15, 0.2) is 54.6 Å². The molecule has 2 aromatic carbocycles. The first-order chi connectivity index (χ1) is 15.9. The molecule has 0 amide bonds. The third kappa shape index (κ3) is 11.0. The van der Waals surface area contributed by atoms with E-state index in [0.717, 1.165) is 25.0 Å². The number of alkyl halides is 1. The molecule has 5 heteroatoms. The highest BCUT2D eigenvalue weighted by molar-refractivity contribution is 9.10. The molecular weight excluding hydrogens is 480 g/mol. The predicted octanol–water partition coefficient (Wildman–Crippen LogP) is 7.52. The molecule has 0 radical (unpaired) electrons. The van der Waals surface area contributed by atoms with Gasteiger partial charge in [-0.1, -0.05) is 91.2 Å². The summed E-state index contributed by atoms with van der Waals surface area (Å²) in [5, 5.41) is 0. The molecule has 0 bridgehead atoms. The maximum absolute atomic E-state index is 12.4. The van der Waals surface area contributed by atoms with Gasteiger partial charge in [0.2, 0.25) is 0 Å². The first kappa shape index (κ1) is 27.1. The van der Waals surface area contributed by atoms with E-state index in [4.69, 9.17) is 9.47 Å². The predicted molar refractivity (Wildman–Crippen MR) is 137 cm³/mol. The van der Waals surface area contributed by atoms with Gasteiger partial charge in [0.1, 0.15) is 10.1 Å². The number of hydrogen-bond donors (Lipinski definition) is 0. The monoisotopic (exact) mass is 516 g/mol. The van der Waals surface area contributed by atoms with Gasteiger partial charge in [-0.3, -0.25) is 9.59 Å². The molecule has 0 aromatic heterocycles. The summed E-state index contributed by atoms with van der Waals surface area (Å²) in [7, 11) is 0. The average molecular weight is 518 g/mol. The number of ketones is 1. The number of rotatable bonds is 16. The van der Waals surface area contributed by atoms with Crippen molar-refractivity contribution in [2.75, 3.05) is 13.2 Å². The second-order valence-corrected chi connectivity index (χ2v) is 10.8. The Kier molecular flexibility index (Phi) is 12.2. The second-order valence-electron chi connectivity index (χ2n) is 8.86. The Balaban J connectivity index is 1.44. The molecule has 4 nitrogen and oxygen atoms in total. The van der Waals surface area contributed by atoms with Crippen LogP contribution in [0.2, 0.25) is 0 Å². The van der Waals surface area contributed by atoms with E-state index in [1.165, 1.54) is 38.5 Å². The van der Waals surface area contributed by atoms with Gasteiger partial charge < -0.3 is 9.47 Å². The van der Waals surface area contributed by atoms with Crippen molar-refractivity contribution in [3.05, 3.63) is 65.7 Å². The molecule has 0 N–H and O–H groups in total. The second kappa shape index (κ2) is 14.9. The molecule has 2 rings (SSSR count). The van der Waals surface area contributed by atoms with Crippen LogP contribution in [0, 0.1) is 0 Å². The van der Waals surface area contributed by atoms with Crippen molar-refractivity contribution in [1.29, 1.82) is 0 Å². The first-order valence-electron chi connectivity index (χ1n) is 12.1. The van der Waals surface area contributed by atoms with Crippen molar-refractivity contribution in [2.45, 2.75) is 76.0 Å². The molecule has 0 saturated carbocycles. The summed E-state index contributed by atoms with van der Waals surface area (Å²) in [6.07, 6.45) is 10.4. The maximum Gasteiger partial charge on any atom is 0.322 e. The van der Waals surface area contributed by atoms with Gasteiger partial charge in [0.15, 0.2) is 5.78 Å². The van der Waals surface area contributed by atoms with Gasteiger partial charge >= 0.3 is 5.97 Å². The van der Waals surface area contributed by atoms with Crippen LogP contribution in [0.3, 0.4) is 0 Å². The smallest absolute Gasteiger partial charge is 0.322 e. The minimum atomic E-state index is -0.592. The quantitative estimate of drug-likeness (QED) is 0.100. The Bertz CT molecular complexity index is 825. The number of carbonyl (C=O) groups excluding carboxylic acids is 2. The Morgan fingerprint density at radius 1 is 0.697 bits per heavy atom. The lowest BCUT2D eigenvalue weighted by Gasteiger charge is -2.14. The molecule has 0 fully saturated rings. The van der Waals surface area contributed by atoms with Gasteiger partial charge in [-0.2, -0.15) is 0 Å². The molecule has 33 heavy (non-hydrogen) atoms. The van der Waals surface area contributed by atoms with Crippen LogP contribution in [0.4, 0.5) is 0 Å². The van der Waals surface area contributed by atoms with Crippen LogP contribution < -0.4 is 4.74 Å². The number of esters is 1. The van der Waals surface area contributed by atoms with Crippen molar-refractivity contribution in [3.63, 3.8) is 0 Å². The normalized spacial score (nSPS) is 11.2. The van der Waals surface area contributed by atoms with Crippen molar-refractivity contribution in [2.24, 2.45) is 0 Å². The largest absolute Gasteiger partial charge is 0.494 e. The Morgan fingerprint density at radius 2 is 1.18 bits per heavy atom. The topological polar surface area (TPSA) is 52.6 Å².